The number of nitrogens with two attached hydrogens (primary N) is 1. The van der Waals surface area contributed by atoms with Crippen molar-refractivity contribution in [1.82, 2.24) is 21.0 Å². The van der Waals surface area contributed by atoms with Crippen molar-refractivity contribution < 1.29 is 4.79 Å². The lowest BCUT2D eigenvalue weighted by atomic mass is 9.97. The van der Waals surface area contributed by atoms with Gasteiger partial charge in [-0.15, -0.1) is 0 Å². The third-order valence-electron chi connectivity index (χ3n) is 3.49. The van der Waals surface area contributed by atoms with Gasteiger partial charge < -0.3 is 15.5 Å². The Labute approximate surface area is 110 Å². The van der Waals surface area contributed by atoms with E-state index in [1.54, 1.807) is 4.90 Å². The van der Waals surface area contributed by atoms with Crippen LogP contribution < -0.4 is 21.9 Å². The molecule has 0 unspecified atom stereocenters. The molecule has 0 radical (unpaired) electrons. The Kier molecular flexibility index (Phi) is 2.75. The SMILES string of the molecule is N=C(C1=CCNC=C1)C1=C2N[C@@H]2CN(C(=O)NN)C1. The maximum atomic E-state index is 11.6. The molecule has 1 atom stereocenters. The van der Waals surface area contributed by atoms with Gasteiger partial charge in [-0.1, -0.05) is 6.08 Å². The minimum Gasteiger partial charge on any atom is -0.387 e. The fourth-order valence-electron chi connectivity index (χ4n) is 2.41. The summed E-state index contributed by atoms with van der Waals surface area (Å²) in [5.41, 5.74) is 5.44. The van der Waals surface area contributed by atoms with Crippen LogP contribution in [0.4, 0.5) is 4.79 Å². The Balaban J connectivity index is 1.81. The first-order chi connectivity index (χ1) is 9.20. The van der Waals surface area contributed by atoms with E-state index in [4.69, 9.17) is 11.3 Å². The Morgan fingerprint density at radius 1 is 1.58 bits per heavy atom. The maximum Gasteiger partial charge on any atom is 0.331 e. The van der Waals surface area contributed by atoms with E-state index in [-0.39, 0.29) is 12.1 Å². The topological polar surface area (TPSA) is 116 Å². The highest BCUT2D eigenvalue weighted by molar-refractivity contribution is 6.13. The second-order valence-corrected chi connectivity index (χ2v) is 4.70. The largest absolute Gasteiger partial charge is 0.387 e. The van der Waals surface area contributed by atoms with Gasteiger partial charge in [-0.25, -0.2) is 10.6 Å². The lowest BCUT2D eigenvalue weighted by Gasteiger charge is -2.26. The number of urea groups is 1. The zero-order chi connectivity index (χ0) is 13.4. The van der Waals surface area contributed by atoms with Crippen molar-refractivity contribution in [2.24, 2.45) is 5.84 Å². The molecular weight excluding hydrogens is 244 g/mol. The Morgan fingerprint density at radius 3 is 3.11 bits per heavy atom. The van der Waals surface area contributed by atoms with Gasteiger partial charge in [0.05, 0.1) is 18.3 Å². The number of nitrogens with zero attached hydrogens (tertiary/aromatic N) is 1. The smallest absolute Gasteiger partial charge is 0.331 e. The number of hydrogen-bond donors (Lipinski definition) is 5. The molecule has 0 aromatic rings. The molecule has 7 nitrogen and oxygen atoms in total. The highest BCUT2D eigenvalue weighted by atomic mass is 16.2. The van der Waals surface area contributed by atoms with Crippen molar-refractivity contribution in [3.8, 4) is 0 Å². The number of carbonyl (C=O) groups is 1. The van der Waals surface area contributed by atoms with Gasteiger partial charge in [0.1, 0.15) is 0 Å². The van der Waals surface area contributed by atoms with Crippen LogP contribution in [0.15, 0.2) is 35.2 Å². The standard InChI is InChI=1S/C12H16N6O/c13-10(7-1-3-15-4-2-7)8-5-18(12(19)17-14)6-9-11(8)16-9/h1-3,9,13,15-16H,4-6,14H2,(H,17,19)/t9-/m1/s1. The van der Waals surface area contributed by atoms with E-state index in [1.807, 2.05) is 18.4 Å². The van der Waals surface area contributed by atoms with Crippen molar-refractivity contribution in [3.63, 3.8) is 0 Å². The molecule has 100 valence electrons. The van der Waals surface area contributed by atoms with Crippen LogP contribution in [0.5, 0.6) is 0 Å². The van der Waals surface area contributed by atoms with Crippen LogP contribution in [0.2, 0.25) is 0 Å². The Bertz CT molecular complexity index is 532. The number of carbonyl (C=O) groups excluding carboxylic acids is 1. The third-order valence-corrected chi connectivity index (χ3v) is 3.49. The van der Waals surface area contributed by atoms with Crippen LogP contribution in [0.3, 0.4) is 0 Å². The van der Waals surface area contributed by atoms with Crippen LogP contribution in [0, 0.1) is 5.41 Å². The molecule has 0 saturated carbocycles. The monoisotopic (exact) mass is 260 g/mol. The van der Waals surface area contributed by atoms with E-state index in [2.05, 4.69) is 16.1 Å². The summed E-state index contributed by atoms with van der Waals surface area (Å²) in [7, 11) is 0. The fraction of sp³-hybridized carbons (Fsp3) is 0.333. The number of hydrazine groups is 1. The normalized spacial score (nSPS) is 23.9. The lowest BCUT2D eigenvalue weighted by Crippen LogP contribution is -2.47. The molecule has 2 amide bonds. The van der Waals surface area contributed by atoms with Crippen LogP contribution in [-0.2, 0) is 0 Å². The fourth-order valence-corrected chi connectivity index (χ4v) is 2.41. The minimum atomic E-state index is -0.312. The number of nitrogens with one attached hydrogen (secondary N) is 4. The summed E-state index contributed by atoms with van der Waals surface area (Å²) in [5.74, 6) is 5.16. The van der Waals surface area contributed by atoms with Crippen molar-refractivity contribution in [3.05, 3.63) is 35.2 Å². The van der Waals surface area contributed by atoms with Gasteiger partial charge >= 0.3 is 6.03 Å². The molecule has 0 aromatic carbocycles. The van der Waals surface area contributed by atoms with E-state index in [0.717, 1.165) is 23.4 Å². The molecule has 6 N–H and O–H groups in total. The maximum absolute atomic E-state index is 11.6. The molecule has 0 bridgehead atoms. The van der Waals surface area contributed by atoms with E-state index in [1.165, 1.54) is 0 Å². The van der Waals surface area contributed by atoms with E-state index < -0.39 is 0 Å². The summed E-state index contributed by atoms with van der Waals surface area (Å²) < 4.78 is 0. The van der Waals surface area contributed by atoms with Crippen molar-refractivity contribution >= 4 is 11.7 Å². The summed E-state index contributed by atoms with van der Waals surface area (Å²) >= 11 is 0. The first-order valence-corrected chi connectivity index (χ1v) is 6.15. The van der Waals surface area contributed by atoms with Gasteiger partial charge in [-0.05, 0) is 17.8 Å². The first kappa shape index (κ1) is 11.8. The molecule has 0 aliphatic carbocycles. The average molecular weight is 260 g/mol. The molecule has 3 aliphatic rings. The second-order valence-electron chi connectivity index (χ2n) is 4.70. The van der Waals surface area contributed by atoms with Gasteiger partial charge in [-0.3, -0.25) is 10.8 Å². The summed E-state index contributed by atoms with van der Waals surface area (Å²) in [6.07, 6.45) is 5.67. The number of allylic oxidation sites excluding steroid dienone is 2. The third kappa shape index (κ3) is 2.08. The predicted molar refractivity (Wildman–Crippen MR) is 71.2 cm³/mol. The molecule has 7 heteroatoms. The van der Waals surface area contributed by atoms with Crippen molar-refractivity contribution in [2.45, 2.75) is 6.04 Å². The highest BCUT2D eigenvalue weighted by Gasteiger charge is 2.41. The molecule has 3 aliphatic heterocycles. The molecule has 1 fully saturated rings. The van der Waals surface area contributed by atoms with Crippen molar-refractivity contribution in [1.29, 1.82) is 5.41 Å². The number of amides is 2. The number of hydrogen-bond acceptors (Lipinski definition) is 5. The second kappa shape index (κ2) is 4.43. The van der Waals surface area contributed by atoms with Gasteiger partial charge in [0.15, 0.2) is 0 Å². The summed E-state index contributed by atoms with van der Waals surface area (Å²) in [5, 5.41) is 14.6. The highest BCUT2D eigenvalue weighted by Crippen LogP contribution is 2.29. The predicted octanol–water partition coefficient (Wildman–Crippen LogP) is -0.826. The van der Waals surface area contributed by atoms with Crippen LogP contribution >= 0.6 is 0 Å². The van der Waals surface area contributed by atoms with E-state index >= 15 is 0 Å². The van der Waals surface area contributed by atoms with Gasteiger partial charge in [0, 0.05) is 24.4 Å². The minimum absolute atomic E-state index is 0.174. The van der Waals surface area contributed by atoms with Gasteiger partial charge in [-0.2, -0.15) is 0 Å². The summed E-state index contributed by atoms with van der Waals surface area (Å²) in [6, 6.07) is -0.138. The molecule has 0 spiro atoms. The Hall–Kier alpha value is -2.28. The molecule has 3 rings (SSSR count). The lowest BCUT2D eigenvalue weighted by molar-refractivity contribution is 0.202. The Morgan fingerprint density at radius 2 is 2.42 bits per heavy atom. The van der Waals surface area contributed by atoms with Gasteiger partial charge in [0.2, 0.25) is 0 Å². The van der Waals surface area contributed by atoms with E-state index in [9.17, 15) is 4.79 Å². The zero-order valence-electron chi connectivity index (χ0n) is 10.4. The van der Waals surface area contributed by atoms with Crippen LogP contribution in [0.25, 0.3) is 0 Å². The van der Waals surface area contributed by atoms with Gasteiger partial charge in [0.25, 0.3) is 0 Å². The van der Waals surface area contributed by atoms with Crippen LogP contribution in [0.1, 0.15) is 0 Å². The summed E-state index contributed by atoms with van der Waals surface area (Å²) in [4.78, 5) is 13.2. The number of fused-ring (bicyclic) bond motifs is 1. The summed E-state index contributed by atoms with van der Waals surface area (Å²) in [6.45, 7) is 1.74. The van der Waals surface area contributed by atoms with E-state index in [0.29, 0.717) is 18.8 Å². The average Bonchev–Trinajstić information content (AvgIpc) is 3.24. The molecule has 1 saturated heterocycles. The number of rotatable bonds is 2. The molecule has 19 heavy (non-hydrogen) atoms. The zero-order valence-corrected chi connectivity index (χ0v) is 10.4. The molecule has 0 aromatic heterocycles. The first-order valence-electron chi connectivity index (χ1n) is 6.15. The number of dihydropyridines is 1. The van der Waals surface area contributed by atoms with Crippen molar-refractivity contribution in [2.75, 3.05) is 19.6 Å². The van der Waals surface area contributed by atoms with Crippen LogP contribution in [-0.4, -0.2) is 42.3 Å². The molecular formula is C12H16N6O. The molecule has 3 heterocycles. The quantitative estimate of drug-likeness (QED) is 0.146.